The quantitative estimate of drug-likeness (QED) is 0.916. The smallest absolute Gasteiger partial charge is 0.256 e. The van der Waals surface area contributed by atoms with E-state index < -0.39 is 17.8 Å². The molecule has 1 aromatic heterocycles. The fraction of sp³-hybridized carbons (Fsp3) is 0.188. The van der Waals surface area contributed by atoms with Crippen molar-refractivity contribution in [1.82, 2.24) is 15.2 Å². The normalized spacial score (nSPS) is 17.7. The molecule has 1 aromatic carbocycles. The lowest BCUT2D eigenvalue weighted by Gasteiger charge is -2.35. The molecule has 1 atom stereocenters. The molecule has 0 saturated carbocycles. The number of rotatable bonds is 2. The Bertz CT molecular complexity index is 768. The Morgan fingerprint density at radius 1 is 1.35 bits per heavy atom. The number of benzene rings is 1. The van der Waals surface area contributed by atoms with E-state index in [1.807, 2.05) is 0 Å². The van der Waals surface area contributed by atoms with Crippen molar-refractivity contribution < 1.29 is 14.0 Å². The number of amides is 2. The van der Waals surface area contributed by atoms with Gasteiger partial charge in [0, 0.05) is 29.9 Å². The van der Waals surface area contributed by atoms with E-state index in [4.69, 9.17) is 11.6 Å². The van der Waals surface area contributed by atoms with Gasteiger partial charge in [-0.05, 0) is 12.1 Å². The number of carbonyl (C=O) groups is 2. The molecule has 23 heavy (non-hydrogen) atoms. The fourth-order valence-corrected chi connectivity index (χ4v) is 2.83. The van der Waals surface area contributed by atoms with Crippen LogP contribution in [0.4, 0.5) is 4.39 Å². The zero-order chi connectivity index (χ0) is 16.4. The molecule has 0 bridgehead atoms. The van der Waals surface area contributed by atoms with Gasteiger partial charge in [0.25, 0.3) is 5.91 Å². The van der Waals surface area contributed by atoms with Crippen molar-refractivity contribution in [1.29, 1.82) is 0 Å². The zero-order valence-corrected chi connectivity index (χ0v) is 12.8. The Kier molecular flexibility index (Phi) is 4.25. The van der Waals surface area contributed by atoms with Crippen LogP contribution in [-0.2, 0) is 4.79 Å². The summed E-state index contributed by atoms with van der Waals surface area (Å²) in [5.41, 5.74) is 0.626. The van der Waals surface area contributed by atoms with Gasteiger partial charge in [0.1, 0.15) is 11.9 Å². The van der Waals surface area contributed by atoms with Crippen molar-refractivity contribution >= 4 is 23.4 Å². The standard InChI is InChI=1S/C16H13ClFN3O2/c17-13-4-2-1-3-12(13)14-15(22)20-5-6-21(14)16(23)10-7-11(18)9-19-8-10/h1-4,7-9,14H,5-6H2,(H,20,22)/t14-/m1/s1. The van der Waals surface area contributed by atoms with Crippen LogP contribution in [0.2, 0.25) is 5.02 Å². The minimum absolute atomic E-state index is 0.0942. The summed E-state index contributed by atoms with van der Waals surface area (Å²) in [7, 11) is 0. The summed E-state index contributed by atoms with van der Waals surface area (Å²) in [4.78, 5) is 30.1. The molecular formula is C16H13ClFN3O2. The number of halogens is 2. The second-order valence-electron chi connectivity index (χ2n) is 5.11. The SMILES string of the molecule is O=C1NCCN(C(=O)c2cncc(F)c2)[C@@H]1c1ccccc1Cl. The van der Waals surface area contributed by atoms with Gasteiger partial charge in [-0.15, -0.1) is 0 Å². The van der Waals surface area contributed by atoms with Gasteiger partial charge in [-0.1, -0.05) is 29.8 Å². The predicted octanol–water partition coefficient (Wildman–Crippen LogP) is 2.19. The van der Waals surface area contributed by atoms with Crippen molar-refractivity contribution in [3.63, 3.8) is 0 Å². The van der Waals surface area contributed by atoms with Crippen molar-refractivity contribution in [2.75, 3.05) is 13.1 Å². The second kappa shape index (κ2) is 6.34. The van der Waals surface area contributed by atoms with Crippen molar-refractivity contribution in [3.8, 4) is 0 Å². The van der Waals surface area contributed by atoms with Gasteiger partial charge in [-0.3, -0.25) is 14.6 Å². The molecule has 0 spiro atoms. The van der Waals surface area contributed by atoms with Crippen molar-refractivity contribution in [3.05, 3.63) is 64.7 Å². The summed E-state index contributed by atoms with van der Waals surface area (Å²) in [6, 6.07) is 7.09. The Labute approximate surface area is 137 Å². The third kappa shape index (κ3) is 3.03. The van der Waals surface area contributed by atoms with Crippen LogP contribution in [0.25, 0.3) is 0 Å². The highest BCUT2D eigenvalue weighted by atomic mass is 35.5. The van der Waals surface area contributed by atoms with Crippen molar-refractivity contribution in [2.45, 2.75) is 6.04 Å². The predicted molar refractivity (Wildman–Crippen MR) is 82.4 cm³/mol. The van der Waals surface area contributed by atoms with Crippen LogP contribution in [-0.4, -0.2) is 34.8 Å². The average Bonchev–Trinajstić information content (AvgIpc) is 2.55. The summed E-state index contributed by atoms with van der Waals surface area (Å²) in [5.74, 6) is -1.38. The fourth-order valence-electron chi connectivity index (χ4n) is 2.59. The molecule has 1 aliphatic heterocycles. The molecule has 0 radical (unpaired) electrons. The topological polar surface area (TPSA) is 62.3 Å². The number of piperazine rings is 1. The molecular weight excluding hydrogens is 321 g/mol. The first-order valence-electron chi connectivity index (χ1n) is 7.01. The summed E-state index contributed by atoms with van der Waals surface area (Å²) in [6.45, 7) is 0.630. The van der Waals surface area contributed by atoms with Gasteiger partial charge in [-0.25, -0.2) is 4.39 Å². The van der Waals surface area contributed by atoms with Crippen LogP contribution in [0.5, 0.6) is 0 Å². The number of nitrogens with one attached hydrogen (secondary N) is 1. The molecule has 2 heterocycles. The molecule has 0 unspecified atom stereocenters. The molecule has 2 amide bonds. The highest BCUT2D eigenvalue weighted by Crippen LogP contribution is 2.30. The first-order chi connectivity index (χ1) is 11.1. The van der Waals surface area contributed by atoms with Crippen LogP contribution >= 0.6 is 11.6 Å². The van der Waals surface area contributed by atoms with E-state index in [1.54, 1.807) is 24.3 Å². The first kappa shape index (κ1) is 15.4. The maximum Gasteiger partial charge on any atom is 0.256 e. The largest absolute Gasteiger partial charge is 0.352 e. The lowest BCUT2D eigenvalue weighted by molar-refractivity contribution is -0.128. The van der Waals surface area contributed by atoms with Gasteiger partial charge >= 0.3 is 0 Å². The van der Waals surface area contributed by atoms with Crippen LogP contribution in [0.1, 0.15) is 22.0 Å². The molecule has 118 valence electrons. The average molecular weight is 334 g/mol. The van der Waals surface area contributed by atoms with Gasteiger partial charge in [0.15, 0.2) is 0 Å². The van der Waals surface area contributed by atoms with E-state index in [2.05, 4.69) is 10.3 Å². The monoisotopic (exact) mass is 333 g/mol. The maximum absolute atomic E-state index is 13.3. The van der Waals surface area contributed by atoms with Crippen LogP contribution in [0, 0.1) is 5.82 Å². The van der Waals surface area contributed by atoms with Gasteiger partial charge in [-0.2, -0.15) is 0 Å². The van der Waals surface area contributed by atoms with Gasteiger partial charge in [0.05, 0.1) is 11.8 Å². The van der Waals surface area contributed by atoms with E-state index in [0.717, 1.165) is 12.3 Å². The first-order valence-corrected chi connectivity index (χ1v) is 7.39. The maximum atomic E-state index is 13.3. The molecule has 3 rings (SSSR count). The molecule has 1 aliphatic rings. The number of aromatic nitrogens is 1. The molecule has 5 nitrogen and oxygen atoms in total. The van der Waals surface area contributed by atoms with E-state index in [9.17, 15) is 14.0 Å². The van der Waals surface area contributed by atoms with E-state index in [-0.39, 0.29) is 11.5 Å². The minimum Gasteiger partial charge on any atom is -0.352 e. The number of pyridine rings is 1. The van der Waals surface area contributed by atoms with Crippen LogP contribution in [0.3, 0.4) is 0 Å². The Hall–Kier alpha value is -2.47. The Morgan fingerprint density at radius 3 is 2.87 bits per heavy atom. The summed E-state index contributed by atoms with van der Waals surface area (Å²) < 4.78 is 13.3. The molecule has 1 N–H and O–H groups in total. The number of hydrogen-bond donors (Lipinski definition) is 1. The number of nitrogens with zero attached hydrogens (tertiary/aromatic N) is 2. The highest BCUT2D eigenvalue weighted by molar-refractivity contribution is 6.31. The summed E-state index contributed by atoms with van der Waals surface area (Å²) in [6.07, 6.45) is 2.30. The molecule has 1 fully saturated rings. The molecule has 7 heteroatoms. The van der Waals surface area contributed by atoms with Crippen LogP contribution in [0.15, 0.2) is 42.7 Å². The van der Waals surface area contributed by atoms with E-state index in [0.29, 0.717) is 23.7 Å². The Morgan fingerprint density at radius 2 is 2.13 bits per heavy atom. The van der Waals surface area contributed by atoms with E-state index >= 15 is 0 Å². The molecule has 2 aromatic rings. The third-order valence-electron chi connectivity index (χ3n) is 3.62. The highest BCUT2D eigenvalue weighted by Gasteiger charge is 2.36. The lowest BCUT2D eigenvalue weighted by atomic mass is 10.0. The number of carbonyl (C=O) groups excluding carboxylic acids is 2. The van der Waals surface area contributed by atoms with E-state index in [1.165, 1.54) is 11.1 Å². The van der Waals surface area contributed by atoms with Gasteiger partial charge < -0.3 is 10.2 Å². The van der Waals surface area contributed by atoms with Crippen molar-refractivity contribution in [2.24, 2.45) is 0 Å². The van der Waals surface area contributed by atoms with Crippen LogP contribution < -0.4 is 5.32 Å². The zero-order valence-electron chi connectivity index (χ0n) is 12.0. The number of hydrogen-bond acceptors (Lipinski definition) is 3. The van der Waals surface area contributed by atoms with Gasteiger partial charge in [0.2, 0.25) is 5.91 Å². The minimum atomic E-state index is -0.854. The summed E-state index contributed by atoms with van der Waals surface area (Å²) >= 11 is 6.17. The lowest BCUT2D eigenvalue weighted by Crippen LogP contribution is -2.52. The molecule has 1 saturated heterocycles. The Balaban J connectivity index is 2.00. The summed E-state index contributed by atoms with van der Waals surface area (Å²) in [5, 5.41) is 3.12. The molecule has 0 aliphatic carbocycles. The third-order valence-corrected chi connectivity index (χ3v) is 3.97. The second-order valence-corrected chi connectivity index (χ2v) is 5.51.